The molecule has 2 aromatic heterocycles. The van der Waals surface area contributed by atoms with E-state index in [1.54, 1.807) is 49.6 Å². The van der Waals surface area contributed by atoms with Crippen molar-refractivity contribution < 1.29 is 14.3 Å². The lowest BCUT2D eigenvalue weighted by molar-refractivity contribution is 0.262. The average Bonchev–Trinajstić information content (AvgIpc) is 3.32. The van der Waals surface area contributed by atoms with Crippen molar-refractivity contribution in [2.24, 2.45) is 0 Å². The third-order valence-corrected chi connectivity index (χ3v) is 4.51. The number of carbonyl (C=O) groups excluding carboxylic acids is 1. The standard InChI is InChI=1S/C23H21N5O3/c1-16-13-19(30-2)9-10-20(16)27-23(29)26-17-5-7-18(8-6-17)31-22-14-21(24-15-25-22)28-11-3-4-12-28/h3-15H,1-2H3,(H2,26,27,29). The molecule has 2 heterocycles. The summed E-state index contributed by atoms with van der Waals surface area (Å²) in [7, 11) is 1.61. The Morgan fingerprint density at radius 3 is 2.39 bits per heavy atom. The van der Waals surface area contributed by atoms with E-state index >= 15 is 0 Å². The Hall–Kier alpha value is -4.33. The Labute approximate surface area is 179 Å². The van der Waals surface area contributed by atoms with Crippen LogP contribution >= 0.6 is 0 Å². The highest BCUT2D eigenvalue weighted by Crippen LogP contribution is 2.24. The molecule has 0 atom stereocenters. The quantitative estimate of drug-likeness (QED) is 0.461. The summed E-state index contributed by atoms with van der Waals surface area (Å²) in [6.07, 6.45) is 5.24. The average molecular weight is 415 g/mol. The summed E-state index contributed by atoms with van der Waals surface area (Å²) in [4.78, 5) is 20.7. The van der Waals surface area contributed by atoms with Crippen molar-refractivity contribution in [3.63, 3.8) is 0 Å². The largest absolute Gasteiger partial charge is 0.497 e. The minimum absolute atomic E-state index is 0.339. The molecular weight excluding hydrogens is 394 g/mol. The molecule has 0 unspecified atom stereocenters. The van der Waals surface area contributed by atoms with Gasteiger partial charge in [-0.3, -0.25) is 0 Å². The van der Waals surface area contributed by atoms with Crippen LogP contribution in [0.5, 0.6) is 17.4 Å². The van der Waals surface area contributed by atoms with Crippen molar-refractivity contribution in [3.8, 4) is 23.2 Å². The number of urea groups is 1. The molecule has 4 aromatic rings. The van der Waals surface area contributed by atoms with Crippen molar-refractivity contribution in [2.45, 2.75) is 6.92 Å². The van der Waals surface area contributed by atoms with Gasteiger partial charge in [-0.25, -0.2) is 14.8 Å². The fourth-order valence-electron chi connectivity index (χ4n) is 2.93. The van der Waals surface area contributed by atoms with Crippen molar-refractivity contribution in [2.75, 3.05) is 17.7 Å². The Balaban J connectivity index is 1.37. The first kappa shape index (κ1) is 20.0. The lowest BCUT2D eigenvalue weighted by atomic mass is 10.2. The summed E-state index contributed by atoms with van der Waals surface area (Å²) in [5, 5.41) is 5.63. The number of nitrogens with one attached hydrogen (secondary N) is 2. The van der Waals surface area contributed by atoms with Crippen LogP contribution in [0.1, 0.15) is 5.56 Å². The predicted octanol–water partition coefficient (Wildman–Crippen LogP) is 5.02. The molecule has 31 heavy (non-hydrogen) atoms. The first-order chi connectivity index (χ1) is 15.1. The molecule has 4 rings (SSSR count). The Kier molecular flexibility index (Phi) is 5.79. The van der Waals surface area contributed by atoms with Crippen LogP contribution in [0.3, 0.4) is 0 Å². The van der Waals surface area contributed by atoms with Gasteiger partial charge in [0.05, 0.1) is 7.11 Å². The molecule has 2 aromatic carbocycles. The van der Waals surface area contributed by atoms with E-state index in [-0.39, 0.29) is 6.03 Å². The maximum atomic E-state index is 12.3. The Bertz CT molecular complexity index is 1170. The topological polar surface area (TPSA) is 90.3 Å². The van der Waals surface area contributed by atoms with E-state index in [4.69, 9.17) is 9.47 Å². The number of methoxy groups -OCH3 is 1. The van der Waals surface area contributed by atoms with Gasteiger partial charge in [0.15, 0.2) is 0 Å². The van der Waals surface area contributed by atoms with Crippen LogP contribution in [0.2, 0.25) is 0 Å². The van der Waals surface area contributed by atoms with Crippen LogP contribution in [0.25, 0.3) is 5.82 Å². The number of ether oxygens (including phenoxy) is 2. The lowest BCUT2D eigenvalue weighted by Crippen LogP contribution is -2.19. The number of nitrogens with zero attached hydrogens (tertiary/aromatic N) is 3. The highest BCUT2D eigenvalue weighted by molar-refractivity contribution is 6.00. The second-order valence-electron chi connectivity index (χ2n) is 6.69. The maximum absolute atomic E-state index is 12.3. The molecule has 8 heteroatoms. The molecule has 2 N–H and O–H groups in total. The van der Waals surface area contributed by atoms with Crippen molar-refractivity contribution in [1.82, 2.24) is 14.5 Å². The minimum Gasteiger partial charge on any atom is -0.497 e. The van der Waals surface area contributed by atoms with Gasteiger partial charge in [-0.15, -0.1) is 0 Å². The third-order valence-electron chi connectivity index (χ3n) is 4.51. The minimum atomic E-state index is -0.339. The van der Waals surface area contributed by atoms with Gasteiger partial charge in [0.25, 0.3) is 0 Å². The molecule has 0 fully saturated rings. The molecule has 156 valence electrons. The second-order valence-corrected chi connectivity index (χ2v) is 6.69. The van der Waals surface area contributed by atoms with Gasteiger partial charge in [0.1, 0.15) is 23.6 Å². The number of anilines is 2. The third kappa shape index (κ3) is 4.99. The number of aryl methyl sites for hydroxylation is 1. The van der Waals surface area contributed by atoms with Gasteiger partial charge < -0.3 is 24.7 Å². The molecule has 0 saturated heterocycles. The van der Waals surface area contributed by atoms with Gasteiger partial charge in [0, 0.05) is 29.8 Å². The fraction of sp³-hybridized carbons (Fsp3) is 0.0870. The number of amides is 2. The zero-order valence-corrected chi connectivity index (χ0v) is 17.1. The van der Waals surface area contributed by atoms with E-state index in [2.05, 4.69) is 20.6 Å². The van der Waals surface area contributed by atoms with Crippen molar-refractivity contribution in [3.05, 3.63) is 84.9 Å². The molecule has 2 amide bonds. The van der Waals surface area contributed by atoms with E-state index in [9.17, 15) is 4.79 Å². The van der Waals surface area contributed by atoms with E-state index in [0.29, 0.717) is 28.8 Å². The summed E-state index contributed by atoms with van der Waals surface area (Å²) in [5.74, 6) is 2.46. The maximum Gasteiger partial charge on any atom is 0.323 e. The van der Waals surface area contributed by atoms with Gasteiger partial charge in [-0.05, 0) is 67.1 Å². The van der Waals surface area contributed by atoms with E-state index in [1.807, 2.05) is 42.1 Å². The number of hydrogen-bond donors (Lipinski definition) is 2. The van der Waals surface area contributed by atoms with E-state index in [1.165, 1.54) is 6.33 Å². The number of carbonyl (C=O) groups is 1. The fourth-order valence-corrected chi connectivity index (χ4v) is 2.93. The summed E-state index contributed by atoms with van der Waals surface area (Å²) in [6.45, 7) is 1.90. The highest BCUT2D eigenvalue weighted by Gasteiger charge is 2.07. The number of aromatic nitrogens is 3. The molecule has 0 aliphatic carbocycles. The van der Waals surface area contributed by atoms with Gasteiger partial charge in [-0.1, -0.05) is 0 Å². The SMILES string of the molecule is COc1ccc(NC(=O)Nc2ccc(Oc3cc(-n4cccc4)ncn3)cc2)c(C)c1. The van der Waals surface area contributed by atoms with Crippen LogP contribution in [0.4, 0.5) is 16.2 Å². The Morgan fingerprint density at radius 2 is 1.68 bits per heavy atom. The smallest absolute Gasteiger partial charge is 0.323 e. The normalized spacial score (nSPS) is 10.4. The number of benzene rings is 2. The van der Waals surface area contributed by atoms with Crippen LogP contribution in [0.15, 0.2) is 79.4 Å². The number of rotatable bonds is 6. The van der Waals surface area contributed by atoms with Crippen molar-refractivity contribution >= 4 is 17.4 Å². The zero-order chi connectivity index (χ0) is 21.6. The molecule has 0 spiro atoms. The van der Waals surface area contributed by atoms with E-state index < -0.39 is 0 Å². The Morgan fingerprint density at radius 1 is 0.935 bits per heavy atom. The van der Waals surface area contributed by atoms with Crippen LogP contribution in [-0.4, -0.2) is 27.7 Å². The predicted molar refractivity (Wildman–Crippen MR) is 118 cm³/mol. The van der Waals surface area contributed by atoms with Crippen LogP contribution < -0.4 is 20.1 Å². The first-order valence-corrected chi connectivity index (χ1v) is 9.57. The monoisotopic (exact) mass is 415 g/mol. The first-order valence-electron chi connectivity index (χ1n) is 9.57. The molecule has 0 bridgehead atoms. The lowest BCUT2D eigenvalue weighted by Gasteiger charge is -2.11. The summed E-state index contributed by atoms with van der Waals surface area (Å²) < 4.78 is 12.9. The molecule has 8 nitrogen and oxygen atoms in total. The van der Waals surface area contributed by atoms with Crippen molar-refractivity contribution in [1.29, 1.82) is 0 Å². The summed E-state index contributed by atoms with van der Waals surface area (Å²) >= 11 is 0. The van der Waals surface area contributed by atoms with Crippen LogP contribution in [-0.2, 0) is 0 Å². The molecule has 0 aliphatic heterocycles. The number of hydrogen-bond acceptors (Lipinski definition) is 5. The second kappa shape index (κ2) is 9.00. The molecule has 0 radical (unpaired) electrons. The highest BCUT2D eigenvalue weighted by atomic mass is 16.5. The molecule has 0 aliphatic rings. The van der Waals surface area contributed by atoms with Gasteiger partial charge in [0.2, 0.25) is 5.88 Å². The van der Waals surface area contributed by atoms with E-state index in [0.717, 1.165) is 11.3 Å². The van der Waals surface area contributed by atoms with Gasteiger partial charge >= 0.3 is 6.03 Å². The zero-order valence-electron chi connectivity index (χ0n) is 17.1. The van der Waals surface area contributed by atoms with Gasteiger partial charge in [-0.2, -0.15) is 0 Å². The summed E-state index contributed by atoms with van der Waals surface area (Å²) in [6, 6.07) is 17.7. The molecule has 0 saturated carbocycles. The molecular formula is C23H21N5O3. The van der Waals surface area contributed by atoms with Crippen LogP contribution in [0, 0.1) is 6.92 Å². The summed E-state index contributed by atoms with van der Waals surface area (Å²) in [5.41, 5.74) is 2.25.